The number of allylic oxidation sites excluding steroid dienone is 27. The summed E-state index contributed by atoms with van der Waals surface area (Å²) in [5, 5.41) is 0. The van der Waals surface area contributed by atoms with Crippen LogP contribution >= 0.6 is 0 Å². The minimum atomic E-state index is -0.842. The fraction of sp³-hybridized carbons (Fsp3) is 0.575. The summed E-state index contributed by atoms with van der Waals surface area (Å²) in [6, 6.07) is 0. The van der Waals surface area contributed by atoms with Gasteiger partial charge in [0.2, 0.25) is 0 Å². The molecule has 0 rings (SSSR count). The van der Waals surface area contributed by atoms with Crippen molar-refractivity contribution in [1.82, 2.24) is 0 Å². The van der Waals surface area contributed by atoms with Crippen LogP contribution < -0.4 is 0 Å². The summed E-state index contributed by atoms with van der Waals surface area (Å²) in [7, 11) is 0. The molecule has 0 N–H and O–H groups in total. The van der Waals surface area contributed by atoms with Crippen LogP contribution in [0.15, 0.2) is 170 Å². The van der Waals surface area contributed by atoms with Crippen molar-refractivity contribution in [3.8, 4) is 0 Å². The van der Waals surface area contributed by atoms with E-state index in [0.717, 1.165) is 148 Å². The van der Waals surface area contributed by atoms with E-state index in [1.54, 1.807) is 6.08 Å². The Morgan fingerprint density at radius 2 is 0.544 bits per heavy atom. The molecule has 6 heteroatoms. The highest BCUT2D eigenvalue weighted by molar-refractivity contribution is 5.72. The van der Waals surface area contributed by atoms with Crippen molar-refractivity contribution in [3.05, 3.63) is 170 Å². The fourth-order valence-electron chi connectivity index (χ4n) is 8.05. The van der Waals surface area contributed by atoms with Crippen molar-refractivity contribution in [3.63, 3.8) is 0 Å². The van der Waals surface area contributed by atoms with Crippen LogP contribution in [-0.2, 0) is 28.6 Å². The van der Waals surface area contributed by atoms with E-state index in [0.29, 0.717) is 6.42 Å². The lowest BCUT2D eigenvalue weighted by Gasteiger charge is -2.18. The third kappa shape index (κ3) is 63.5. The lowest BCUT2D eigenvalue weighted by Crippen LogP contribution is -2.30. The molecular formula is C73H114O6. The first-order valence-corrected chi connectivity index (χ1v) is 31.6. The Morgan fingerprint density at radius 3 is 0.886 bits per heavy atom. The highest BCUT2D eigenvalue weighted by Gasteiger charge is 2.19. The summed E-state index contributed by atoms with van der Waals surface area (Å²) in [6.07, 6.45) is 96.6. The van der Waals surface area contributed by atoms with Crippen molar-refractivity contribution in [2.45, 2.75) is 258 Å². The Balaban J connectivity index is 4.53. The van der Waals surface area contributed by atoms with E-state index in [4.69, 9.17) is 14.2 Å². The van der Waals surface area contributed by atoms with Gasteiger partial charge in [-0.2, -0.15) is 0 Å². The van der Waals surface area contributed by atoms with Gasteiger partial charge in [0.05, 0.1) is 6.42 Å². The van der Waals surface area contributed by atoms with Crippen LogP contribution in [0.25, 0.3) is 0 Å². The Morgan fingerprint density at radius 1 is 0.278 bits per heavy atom. The maximum atomic E-state index is 12.9. The minimum absolute atomic E-state index is 0.113. The second-order valence-corrected chi connectivity index (χ2v) is 20.2. The highest BCUT2D eigenvalue weighted by Crippen LogP contribution is 2.13. The normalized spacial score (nSPS) is 13.3. The molecule has 1 unspecified atom stereocenters. The summed E-state index contributed by atoms with van der Waals surface area (Å²) in [6.45, 7) is 6.28. The van der Waals surface area contributed by atoms with Gasteiger partial charge in [0.15, 0.2) is 6.10 Å². The number of carbonyl (C=O) groups excluding carboxylic acids is 3. The van der Waals surface area contributed by atoms with Gasteiger partial charge in [0.1, 0.15) is 13.2 Å². The van der Waals surface area contributed by atoms with Crippen LogP contribution in [0.2, 0.25) is 0 Å². The molecule has 0 heterocycles. The van der Waals surface area contributed by atoms with Crippen LogP contribution in [0.1, 0.15) is 252 Å². The van der Waals surface area contributed by atoms with Gasteiger partial charge in [0.25, 0.3) is 0 Å². The van der Waals surface area contributed by atoms with E-state index < -0.39 is 12.1 Å². The molecule has 0 radical (unpaired) electrons. The number of hydrogen-bond acceptors (Lipinski definition) is 6. The molecule has 0 spiro atoms. The second kappa shape index (κ2) is 65.3. The molecule has 0 aromatic carbocycles. The zero-order valence-electron chi connectivity index (χ0n) is 50.6. The molecule has 1 atom stereocenters. The SMILES string of the molecule is CC/C=C\C/C=C\C/C=C\C/C=C\C/C=C\C/C=C\CCCCCCCCC(=O)OCC(COC(=O)C/C=C\C/C=C\C/C=C\C/C=C\C/C=C\CC)OC(=O)CCCCCCCC/C=C\C/C=C\C/C=C\CCCCCCC. The molecule has 79 heavy (non-hydrogen) atoms. The standard InChI is InChI=1S/C73H114O6/c1-4-7-10-13-16-19-22-25-28-30-32-34-35-36-37-39-40-42-45-48-51-54-57-60-63-66-72(75)78-69-70(68-77-71(74)65-62-59-56-53-50-47-44-27-24-21-18-15-12-9-6-3)79-73(76)67-64-61-58-55-52-49-46-43-41-38-33-31-29-26-23-20-17-14-11-8-5-2/h7,9-10,12,16,18-19,21,23,25-28,31-34,36-37,40-44,50,53,59,62,70H,4-6,8,11,13-15,17,20,22,24,29-30,35,38-39,45-49,51-52,54-58,60-61,63-69H2,1-3H3/b10-7-,12-9-,19-16-,21-18-,26-23-,28-25-,33-31-,34-32-,37-36-,42-40-,43-41-,44-27-,53-50-,62-59-. The Hall–Kier alpha value is -5.23. The van der Waals surface area contributed by atoms with Crippen molar-refractivity contribution in [1.29, 1.82) is 0 Å². The third-order valence-electron chi connectivity index (χ3n) is 12.7. The molecule has 0 saturated heterocycles. The number of esters is 3. The molecule has 442 valence electrons. The molecule has 0 amide bonds. The quantitative estimate of drug-likeness (QED) is 0.0261. The lowest BCUT2D eigenvalue weighted by molar-refractivity contribution is -0.166. The van der Waals surface area contributed by atoms with Gasteiger partial charge < -0.3 is 14.2 Å². The Kier molecular flexibility index (Phi) is 61.0. The topological polar surface area (TPSA) is 78.9 Å². The lowest BCUT2D eigenvalue weighted by atomic mass is 10.1. The summed E-state index contributed by atoms with van der Waals surface area (Å²) < 4.78 is 16.8. The first kappa shape index (κ1) is 73.8. The van der Waals surface area contributed by atoms with Gasteiger partial charge in [-0.05, 0) is 135 Å². The number of unbranched alkanes of at least 4 members (excludes halogenated alkanes) is 17. The van der Waals surface area contributed by atoms with Gasteiger partial charge >= 0.3 is 17.9 Å². The molecule has 6 nitrogen and oxygen atoms in total. The largest absolute Gasteiger partial charge is 0.462 e. The van der Waals surface area contributed by atoms with Crippen molar-refractivity contribution < 1.29 is 28.6 Å². The zero-order chi connectivity index (χ0) is 57.1. The average molecular weight is 1090 g/mol. The van der Waals surface area contributed by atoms with Crippen molar-refractivity contribution in [2.24, 2.45) is 0 Å². The van der Waals surface area contributed by atoms with Crippen LogP contribution in [0, 0.1) is 0 Å². The molecule has 0 aromatic rings. The van der Waals surface area contributed by atoms with Crippen molar-refractivity contribution in [2.75, 3.05) is 13.2 Å². The fourth-order valence-corrected chi connectivity index (χ4v) is 8.05. The summed E-state index contributed by atoms with van der Waals surface area (Å²) >= 11 is 0. The van der Waals surface area contributed by atoms with Crippen LogP contribution in [0.5, 0.6) is 0 Å². The molecule has 0 bridgehead atoms. The van der Waals surface area contributed by atoms with Crippen LogP contribution in [-0.4, -0.2) is 37.2 Å². The van der Waals surface area contributed by atoms with Gasteiger partial charge in [-0.15, -0.1) is 0 Å². The van der Waals surface area contributed by atoms with Gasteiger partial charge in [-0.25, -0.2) is 0 Å². The summed E-state index contributed by atoms with van der Waals surface area (Å²) in [5.74, 6) is -1.10. The van der Waals surface area contributed by atoms with E-state index in [1.165, 1.54) is 64.2 Å². The smallest absolute Gasteiger partial charge is 0.309 e. The third-order valence-corrected chi connectivity index (χ3v) is 12.7. The van der Waals surface area contributed by atoms with Gasteiger partial charge in [-0.1, -0.05) is 268 Å². The highest BCUT2D eigenvalue weighted by atomic mass is 16.6. The molecule has 0 aromatic heterocycles. The predicted octanol–water partition coefficient (Wildman–Crippen LogP) is 21.9. The monoisotopic (exact) mass is 1090 g/mol. The molecule has 0 aliphatic heterocycles. The maximum Gasteiger partial charge on any atom is 0.309 e. The van der Waals surface area contributed by atoms with Gasteiger partial charge in [-0.3, -0.25) is 14.4 Å². The number of ether oxygens (including phenoxy) is 3. The van der Waals surface area contributed by atoms with Gasteiger partial charge in [0, 0.05) is 12.8 Å². The molecular weight excluding hydrogens is 973 g/mol. The molecule has 0 aliphatic rings. The molecule has 0 aliphatic carbocycles. The van der Waals surface area contributed by atoms with E-state index in [1.807, 2.05) is 6.08 Å². The molecule has 0 fully saturated rings. The first-order chi connectivity index (χ1) is 39.0. The number of hydrogen-bond donors (Lipinski definition) is 0. The zero-order valence-corrected chi connectivity index (χ0v) is 50.6. The first-order valence-electron chi connectivity index (χ1n) is 31.6. The van der Waals surface area contributed by atoms with E-state index in [2.05, 4.69) is 179 Å². The second-order valence-electron chi connectivity index (χ2n) is 20.2. The van der Waals surface area contributed by atoms with Crippen molar-refractivity contribution >= 4 is 17.9 Å². The molecule has 0 saturated carbocycles. The summed E-state index contributed by atoms with van der Waals surface area (Å²) in [4.78, 5) is 38.3. The van der Waals surface area contributed by atoms with Crippen LogP contribution in [0.4, 0.5) is 0 Å². The average Bonchev–Trinajstić information content (AvgIpc) is 3.45. The minimum Gasteiger partial charge on any atom is -0.462 e. The van der Waals surface area contributed by atoms with E-state index in [9.17, 15) is 14.4 Å². The number of rotatable bonds is 55. The maximum absolute atomic E-state index is 12.9. The Bertz CT molecular complexity index is 1820. The Labute approximate surface area is 485 Å². The summed E-state index contributed by atoms with van der Waals surface area (Å²) in [5.41, 5.74) is 0. The predicted molar refractivity (Wildman–Crippen MR) is 343 cm³/mol. The van der Waals surface area contributed by atoms with E-state index >= 15 is 0 Å². The number of carbonyl (C=O) groups is 3. The van der Waals surface area contributed by atoms with Crippen LogP contribution in [0.3, 0.4) is 0 Å². The van der Waals surface area contributed by atoms with E-state index in [-0.39, 0.29) is 38.0 Å².